The van der Waals surface area contributed by atoms with E-state index in [4.69, 9.17) is 19.4 Å². The zero-order chi connectivity index (χ0) is 40.1. The highest BCUT2D eigenvalue weighted by Crippen LogP contribution is 2.33. The van der Waals surface area contributed by atoms with E-state index >= 15 is 0 Å². The van der Waals surface area contributed by atoms with Crippen molar-refractivity contribution in [3.63, 3.8) is 0 Å². The van der Waals surface area contributed by atoms with Gasteiger partial charge in [0, 0.05) is 33.2 Å². The van der Waals surface area contributed by atoms with E-state index in [0.717, 1.165) is 144 Å². The fourth-order valence-electron chi connectivity index (χ4n) is 7.18. The second-order valence-electron chi connectivity index (χ2n) is 15.5. The smallest absolute Gasteiger partial charge is 0.119 e. The minimum absolute atomic E-state index is 0.671. The van der Waals surface area contributed by atoms with Gasteiger partial charge in [0.15, 0.2) is 0 Å². The van der Waals surface area contributed by atoms with Crippen molar-refractivity contribution in [1.82, 2.24) is 40.4 Å². The van der Waals surface area contributed by atoms with E-state index in [1.54, 1.807) is 0 Å². The lowest BCUT2D eigenvalue weighted by atomic mass is 10.0. The summed E-state index contributed by atoms with van der Waals surface area (Å²) in [6.07, 6.45) is 12.5. The van der Waals surface area contributed by atoms with E-state index in [-0.39, 0.29) is 0 Å². The van der Waals surface area contributed by atoms with Crippen molar-refractivity contribution in [2.45, 2.75) is 25.7 Å². The van der Waals surface area contributed by atoms with Gasteiger partial charge in [-0.05, 0) is 189 Å². The van der Waals surface area contributed by atoms with Crippen LogP contribution in [0, 0.1) is 0 Å². The quantitative estimate of drug-likeness (QED) is 0.0571. The Morgan fingerprint density at radius 2 is 0.914 bits per heavy atom. The lowest BCUT2D eigenvalue weighted by Crippen LogP contribution is -2.23. The maximum absolute atomic E-state index is 6.10. The second-order valence-corrected chi connectivity index (χ2v) is 15.5. The fraction of sp³-hybridized carbons (Fsp3) is 0.333. The molecule has 0 saturated heterocycles. The van der Waals surface area contributed by atoms with Crippen LogP contribution >= 0.6 is 0 Å². The number of ether oxygens (including phenoxy) is 2. The third-order valence-electron chi connectivity index (χ3n) is 10.1. The van der Waals surface area contributed by atoms with Gasteiger partial charge in [0.25, 0.3) is 0 Å². The summed E-state index contributed by atoms with van der Waals surface area (Å²) in [6.45, 7) is 7.48. The van der Waals surface area contributed by atoms with Crippen LogP contribution in [0.15, 0.2) is 84.9 Å². The van der Waals surface area contributed by atoms with E-state index in [9.17, 15) is 0 Å². The van der Waals surface area contributed by atoms with Crippen molar-refractivity contribution in [3.05, 3.63) is 108 Å². The molecule has 10 nitrogen and oxygen atoms in total. The fourth-order valence-corrected chi connectivity index (χ4v) is 7.18. The van der Waals surface area contributed by atoms with Crippen LogP contribution in [0.4, 0.5) is 0 Å². The average Bonchev–Trinajstić information content (AvgIpc) is 4.05. The van der Waals surface area contributed by atoms with Gasteiger partial charge in [-0.2, -0.15) is 0 Å². The van der Waals surface area contributed by atoms with Crippen molar-refractivity contribution in [2.24, 2.45) is 0 Å². The molecule has 10 heteroatoms. The van der Waals surface area contributed by atoms with Crippen LogP contribution in [-0.2, 0) is 0 Å². The molecule has 0 spiro atoms. The number of aromatic amines is 2. The van der Waals surface area contributed by atoms with Crippen molar-refractivity contribution in [2.75, 3.05) is 80.7 Å². The summed E-state index contributed by atoms with van der Waals surface area (Å²) >= 11 is 0. The van der Waals surface area contributed by atoms with Gasteiger partial charge in [0.2, 0.25) is 0 Å². The molecular weight excluding hydrogens is 721 g/mol. The minimum atomic E-state index is 0.671. The molecule has 302 valence electrons. The summed E-state index contributed by atoms with van der Waals surface area (Å²) in [4.78, 5) is 22.0. The van der Waals surface area contributed by atoms with Crippen LogP contribution in [0.2, 0.25) is 0 Å². The molecule has 58 heavy (non-hydrogen) atoms. The van der Waals surface area contributed by atoms with E-state index in [0.29, 0.717) is 13.2 Å². The molecular formula is C48H58N8O2. The molecule has 7 rings (SSSR count). The number of nitrogens with one attached hydrogen (secondary N) is 4. The van der Waals surface area contributed by atoms with Gasteiger partial charge in [0.05, 0.1) is 36.0 Å². The van der Waals surface area contributed by atoms with Crippen LogP contribution in [0.1, 0.15) is 48.5 Å². The maximum atomic E-state index is 6.10. The summed E-state index contributed by atoms with van der Waals surface area (Å²) in [5.41, 5.74) is 11.6. The third kappa shape index (κ3) is 11.3. The highest BCUT2D eigenvalue weighted by Gasteiger charge is 2.14. The van der Waals surface area contributed by atoms with E-state index in [2.05, 4.69) is 168 Å². The second kappa shape index (κ2) is 20.3. The summed E-state index contributed by atoms with van der Waals surface area (Å²) in [5, 5.41) is 7.02. The predicted octanol–water partition coefficient (Wildman–Crippen LogP) is 8.61. The summed E-state index contributed by atoms with van der Waals surface area (Å²) < 4.78 is 12.2. The third-order valence-corrected chi connectivity index (χ3v) is 10.1. The molecule has 0 amide bonds. The first-order chi connectivity index (χ1) is 28.4. The normalized spacial score (nSPS) is 12.2. The van der Waals surface area contributed by atoms with Gasteiger partial charge >= 0.3 is 0 Å². The van der Waals surface area contributed by atoms with Crippen LogP contribution < -0.4 is 20.1 Å². The van der Waals surface area contributed by atoms with Crippen molar-refractivity contribution >= 4 is 46.4 Å². The Kier molecular flexibility index (Phi) is 14.2. The monoisotopic (exact) mass is 778 g/mol. The van der Waals surface area contributed by atoms with Gasteiger partial charge in [0.1, 0.15) is 11.5 Å². The molecule has 2 aromatic carbocycles. The van der Waals surface area contributed by atoms with Gasteiger partial charge in [-0.25, -0.2) is 9.97 Å². The zero-order valence-electron chi connectivity index (χ0n) is 34.5. The number of hydrogen-bond acceptors (Lipinski definition) is 8. The first-order valence-corrected chi connectivity index (χ1v) is 20.7. The van der Waals surface area contributed by atoms with Crippen molar-refractivity contribution < 1.29 is 9.47 Å². The molecule has 0 unspecified atom stereocenters. The van der Waals surface area contributed by atoms with E-state index < -0.39 is 0 Å². The number of hydrogen-bond donors (Lipinski definition) is 4. The topological polar surface area (TPSA) is 106 Å². The molecule has 8 bridgehead atoms. The minimum Gasteiger partial charge on any atom is -0.494 e. The summed E-state index contributed by atoms with van der Waals surface area (Å²) in [5.74, 6) is 1.73. The summed E-state index contributed by atoms with van der Waals surface area (Å²) in [6, 6.07) is 29.3. The highest BCUT2D eigenvalue weighted by molar-refractivity contribution is 5.93. The Bertz CT molecular complexity index is 2160. The number of fused-ring (bicyclic) bond motifs is 8. The molecule has 0 saturated carbocycles. The van der Waals surface area contributed by atoms with Crippen LogP contribution in [0.5, 0.6) is 11.5 Å². The SMILES string of the molecule is CN(C)CCCNCCCOc1ccc(-c2c3nc(cc4ccc([nH]4)c(-c4ccc(OCCCNCCCN(C)C)cc4)c4nc(cc5ccc2[nH]5)C=C4)C=C3)cc1. The van der Waals surface area contributed by atoms with Crippen molar-refractivity contribution in [1.29, 1.82) is 0 Å². The average molecular weight is 779 g/mol. The number of rotatable bonds is 20. The van der Waals surface area contributed by atoms with E-state index in [1.807, 2.05) is 0 Å². The number of nitrogens with zero attached hydrogens (tertiary/aromatic N) is 4. The molecule has 3 aromatic heterocycles. The molecule has 4 N–H and O–H groups in total. The Balaban J connectivity index is 1.11. The van der Waals surface area contributed by atoms with Crippen LogP contribution in [-0.4, -0.2) is 110 Å². The predicted molar refractivity (Wildman–Crippen MR) is 242 cm³/mol. The zero-order valence-corrected chi connectivity index (χ0v) is 34.5. The Morgan fingerprint density at radius 3 is 1.33 bits per heavy atom. The molecule has 0 fully saturated rings. The Hall–Kier alpha value is -5.52. The molecule has 0 aliphatic carbocycles. The van der Waals surface area contributed by atoms with Gasteiger partial charge < -0.3 is 39.9 Å². The molecule has 5 aromatic rings. The highest BCUT2D eigenvalue weighted by atomic mass is 16.5. The van der Waals surface area contributed by atoms with Gasteiger partial charge in [-0.15, -0.1) is 0 Å². The first-order valence-electron chi connectivity index (χ1n) is 20.7. The van der Waals surface area contributed by atoms with Gasteiger partial charge in [-0.3, -0.25) is 0 Å². The standard InChI is InChI=1S/C48H58N8O2/c1-55(2)29-5-25-49-27-7-31-57-41-17-9-35(10-18-41)47-43-21-13-37(51-43)33-39-15-23-45(53-39)48(46-24-16-40(54-46)34-38-14-22-44(47)52-38)36-11-19-42(20-12-36)58-32-8-28-50-26-6-30-56(3)4/h9-24,33-34,49-51,54H,5-8,25-32H2,1-4H3. The van der Waals surface area contributed by atoms with Gasteiger partial charge in [-0.1, -0.05) is 24.3 Å². The molecule has 0 radical (unpaired) electrons. The lowest BCUT2D eigenvalue weighted by Gasteiger charge is -2.10. The van der Waals surface area contributed by atoms with E-state index in [1.165, 1.54) is 0 Å². The van der Waals surface area contributed by atoms with Crippen LogP contribution in [0.25, 0.3) is 68.6 Å². The number of benzene rings is 2. The van der Waals surface area contributed by atoms with Crippen molar-refractivity contribution in [3.8, 4) is 33.8 Å². The molecule has 0 atom stereocenters. The Morgan fingerprint density at radius 1 is 0.500 bits per heavy atom. The first kappa shape index (κ1) is 40.7. The summed E-state index contributed by atoms with van der Waals surface area (Å²) in [7, 11) is 8.44. The molecule has 5 heterocycles. The van der Waals surface area contributed by atoms with Crippen LogP contribution in [0.3, 0.4) is 0 Å². The number of aromatic nitrogens is 4. The number of H-pyrrole nitrogens is 2. The lowest BCUT2D eigenvalue weighted by molar-refractivity contribution is 0.307. The maximum Gasteiger partial charge on any atom is 0.119 e. The Labute approximate surface area is 343 Å². The largest absolute Gasteiger partial charge is 0.494 e. The molecule has 2 aliphatic heterocycles. The molecule has 2 aliphatic rings.